The maximum atomic E-state index is 13.1. The first-order valence-corrected chi connectivity index (χ1v) is 23.3. The van der Waals surface area contributed by atoms with Gasteiger partial charge in [-0.2, -0.15) is 0 Å². The van der Waals surface area contributed by atoms with E-state index in [0.717, 1.165) is 69.2 Å². The second-order valence-corrected chi connectivity index (χ2v) is 17.7. The second kappa shape index (κ2) is 26.6. The van der Waals surface area contributed by atoms with Gasteiger partial charge in [0, 0.05) is 75.2 Å². The van der Waals surface area contributed by atoms with Crippen molar-refractivity contribution in [2.45, 2.75) is 213 Å². The molecule has 27 nitrogen and oxygen atoms in total. The summed E-state index contributed by atoms with van der Waals surface area (Å²) >= 11 is 0. The quantitative estimate of drug-likeness (QED) is 0.132. The lowest BCUT2D eigenvalue weighted by Gasteiger charge is -2.51. The lowest BCUT2D eigenvalue weighted by molar-refractivity contribution is -0.388. The van der Waals surface area contributed by atoms with Crippen molar-refractivity contribution in [1.82, 2.24) is 0 Å². The van der Waals surface area contributed by atoms with Crippen LogP contribution in [-0.2, 0) is 128 Å². The molecular formula is C46H66O27. The summed E-state index contributed by atoms with van der Waals surface area (Å²) < 4.78 is 101. The molecule has 0 amide bonds. The number of ether oxygens (including phenoxy) is 17. The Morgan fingerprint density at radius 2 is 0.575 bits per heavy atom. The van der Waals surface area contributed by atoms with Gasteiger partial charge in [-0.25, -0.2) is 0 Å². The fourth-order valence-corrected chi connectivity index (χ4v) is 8.70. The van der Waals surface area contributed by atoms with Crippen molar-refractivity contribution in [3.8, 4) is 0 Å². The highest BCUT2D eigenvalue weighted by Gasteiger charge is 2.60. The molecule has 4 fully saturated rings. The maximum Gasteiger partial charge on any atom is 0.303 e. The average Bonchev–Trinajstić information content (AvgIpc) is 3.25. The predicted molar refractivity (Wildman–Crippen MR) is 233 cm³/mol. The molecule has 0 aromatic rings. The smallest absolute Gasteiger partial charge is 0.303 e. The molecule has 4 saturated heterocycles. The third-order valence-corrected chi connectivity index (χ3v) is 11.6. The van der Waals surface area contributed by atoms with Crippen LogP contribution in [0.15, 0.2) is 0 Å². The molecule has 27 heteroatoms. The van der Waals surface area contributed by atoms with Gasteiger partial charge in [-0.1, -0.05) is 6.92 Å². The molecule has 73 heavy (non-hydrogen) atoms. The van der Waals surface area contributed by atoms with Crippen LogP contribution in [0.4, 0.5) is 0 Å². The topological polar surface area (TPSA) is 328 Å². The predicted octanol–water partition coefficient (Wildman–Crippen LogP) is 0.360. The van der Waals surface area contributed by atoms with Gasteiger partial charge in [0.05, 0.1) is 24.4 Å². The summed E-state index contributed by atoms with van der Waals surface area (Å²) in [6, 6.07) is 0. The normalized spacial score (nSPS) is 36.1. The molecule has 8 unspecified atom stereocenters. The Bertz CT molecular complexity index is 2010. The van der Waals surface area contributed by atoms with E-state index in [1.807, 2.05) is 0 Å². The van der Waals surface area contributed by atoms with Crippen LogP contribution in [0.5, 0.6) is 0 Å². The van der Waals surface area contributed by atoms with Crippen LogP contribution in [0, 0.1) is 5.92 Å². The number of rotatable bonds is 18. The molecule has 4 aliphatic rings. The standard InChI is InChI=1S/C46H66O27/c1-17-18(2)59-31(15-57-21(5)47)36(33(17)71-44-41(68-29(13)55)38(65-26(10)52)34(19(3)60-44)62-23(7)49)72-46-43(40(67-28(12)54)37(64-25(9)51)32(70-46)16-58-22(6)48)73-45-42(69-30(14)56)39(66-27(11)53)35(20(4)61-45)63-24(8)50/h17-20,31-46H,15-16H2,1-14H3/t17?,18-,19?,20?,31?,32?,33+,34+,35-,36+,37-,38?,39-,40-,41+,42?,43?,44-,45-,46-/m0/s1. The Morgan fingerprint density at radius 1 is 0.288 bits per heavy atom. The van der Waals surface area contributed by atoms with Crippen molar-refractivity contribution in [1.29, 1.82) is 0 Å². The molecular weight excluding hydrogens is 984 g/mol. The molecule has 0 aromatic heterocycles. The zero-order chi connectivity index (χ0) is 54.8. The first-order chi connectivity index (χ1) is 34.1. The zero-order valence-electron chi connectivity index (χ0n) is 43.0. The number of carbonyl (C=O) groups excluding carboxylic acids is 10. The lowest BCUT2D eigenvalue weighted by atomic mass is 9.88. The summed E-state index contributed by atoms with van der Waals surface area (Å²) in [5, 5.41) is 0. The van der Waals surface area contributed by atoms with Gasteiger partial charge >= 0.3 is 59.7 Å². The first-order valence-electron chi connectivity index (χ1n) is 23.3. The highest BCUT2D eigenvalue weighted by molar-refractivity contribution is 5.70. The second-order valence-electron chi connectivity index (χ2n) is 17.7. The fraction of sp³-hybridized carbons (Fsp3) is 0.783. The minimum atomic E-state index is -1.95. The summed E-state index contributed by atoms with van der Waals surface area (Å²) in [6.07, 6.45) is -29.0. The van der Waals surface area contributed by atoms with E-state index in [2.05, 4.69) is 0 Å². The molecule has 4 aliphatic heterocycles. The van der Waals surface area contributed by atoms with E-state index < -0.39 is 195 Å². The third-order valence-electron chi connectivity index (χ3n) is 11.6. The highest BCUT2D eigenvalue weighted by atomic mass is 16.8. The van der Waals surface area contributed by atoms with Gasteiger partial charge in [0.15, 0.2) is 73.8 Å². The Labute approximate surface area is 420 Å². The minimum Gasteiger partial charge on any atom is -0.463 e. The Balaban J connectivity index is 1.97. The van der Waals surface area contributed by atoms with Gasteiger partial charge in [-0.3, -0.25) is 47.9 Å². The zero-order valence-corrected chi connectivity index (χ0v) is 43.0. The molecule has 0 bridgehead atoms. The average molecular weight is 1050 g/mol. The summed E-state index contributed by atoms with van der Waals surface area (Å²) in [4.78, 5) is 126. The fourth-order valence-electron chi connectivity index (χ4n) is 8.70. The van der Waals surface area contributed by atoms with Crippen LogP contribution in [0.3, 0.4) is 0 Å². The van der Waals surface area contributed by atoms with Gasteiger partial charge in [-0.15, -0.1) is 0 Å². The van der Waals surface area contributed by atoms with Gasteiger partial charge in [0.1, 0.15) is 31.5 Å². The molecule has 0 saturated carbocycles. The monoisotopic (exact) mass is 1050 g/mol. The molecule has 0 aliphatic carbocycles. The summed E-state index contributed by atoms with van der Waals surface area (Å²) in [7, 11) is 0. The summed E-state index contributed by atoms with van der Waals surface area (Å²) in [5.41, 5.74) is 0. The lowest BCUT2D eigenvalue weighted by Crippen LogP contribution is -2.68. The van der Waals surface area contributed by atoms with Crippen molar-refractivity contribution < 1.29 is 128 Å². The van der Waals surface area contributed by atoms with Crippen LogP contribution >= 0.6 is 0 Å². The van der Waals surface area contributed by atoms with Crippen molar-refractivity contribution in [3.05, 3.63) is 0 Å². The van der Waals surface area contributed by atoms with E-state index in [1.165, 1.54) is 13.8 Å². The van der Waals surface area contributed by atoms with Crippen LogP contribution in [0.2, 0.25) is 0 Å². The van der Waals surface area contributed by atoms with Crippen molar-refractivity contribution in [2.75, 3.05) is 13.2 Å². The number of esters is 10. The van der Waals surface area contributed by atoms with Crippen molar-refractivity contribution >= 4 is 59.7 Å². The van der Waals surface area contributed by atoms with Crippen LogP contribution in [0.25, 0.3) is 0 Å². The van der Waals surface area contributed by atoms with Crippen molar-refractivity contribution in [3.63, 3.8) is 0 Å². The molecule has 4 heterocycles. The Kier molecular flexibility index (Phi) is 21.8. The Hall–Kier alpha value is -5.58. The van der Waals surface area contributed by atoms with E-state index in [0.29, 0.717) is 0 Å². The SMILES string of the molecule is CC(=O)OCC1O[C@@H](C)C(C)[C@@H](O[C@@H]2OC(C)[C@@H](OC(C)=O)C(OC(C)=O)[C@H]2OC(C)=O)[C@@H]1O[C@@H]1OC(COC(C)=O)[C@H](OC(C)=O)[C@H](OC(C)=O)C1O[C@@H]1OC(C)[C@H](OC(C)=O)[C@H](OC(C)=O)C1OC(C)=O. The van der Waals surface area contributed by atoms with E-state index >= 15 is 0 Å². The summed E-state index contributed by atoms with van der Waals surface area (Å²) in [6.45, 7) is 15.6. The van der Waals surface area contributed by atoms with Gasteiger partial charge < -0.3 is 80.5 Å². The Morgan fingerprint density at radius 3 is 0.945 bits per heavy atom. The van der Waals surface area contributed by atoms with Crippen LogP contribution in [0.1, 0.15) is 96.9 Å². The van der Waals surface area contributed by atoms with Crippen LogP contribution in [-0.4, -0.2) is 189 Å². The molecule has 4 rings (SSSR count). The largest absolute Gasteiger partial charge is 0.463 e. The molecule has 0 aromatic carbocycles. The van der Waals surface area contributed by atoms with Crippen molar-refractivity contribution in [2.24, 2.45) is 5.92 Å². The van der Waals surface area contributed by atoms with Gasteiger partial charge in [-0.05, 0) is 20.8 Å². The number of carbonyl (C=O) groups is 10. The molecule has 0 N–H and O–H groups in total. The van der Waals surface area contributed by atoms with Crippen LogP contribution < -0.4 is 0 Å². The molecule has 412 valence electrons. The van der Waals surface area contributed by atoms with Gasteiger partial charge in [0.25, 0.3) is 0 Å². The van der Waals surface area contributed by atoms with E-state index in [-0.39, 0.29) is 0 Å². The van der Waals surface area contributed by atoms with E-state index in [4.69, 9.17) is 80.5 Å². The summed E-state index contributed by atoms with van der Waals surface area (Å²) in [5.74, 6) is -9.51. The van der Waals surface area contributed by atoms with E-state index in [1.54, 1.807) is 13.8 Å². The minimum absolute atomic E-state index is 0.533. The van der Waals surface area contributed by atoms with Gasteiger partial charge in [0.2, 0.25) is 0 Å². The number of hydrogen-bond donors (Lipinski definition) is 0. The third kappa shape index (κ3) is 16.7. The molecule has 0 spiro atoms. The molecule has 0 radical (unpaired) electrons. The van der Waals surface area contributed by atoms with E-state index in [9.17, 15) is 47.9 Å². The first kappa shape index (κ1) is 60.0. The molecule has 20 atom stereocenters. The number of hydrogen-bond acceptors (Lipinski definition) is 27. The maximum absolute atomic E-state index is 13.1. The highest BCUT2D eigenvalue weighted by Crippen LogP contribution is 2.40.